The van der Waals surface area contributed by atoms with Gasteiger partial charge in [0.05, 0.1) is 16.6 Å². The summed E-state index contributed by atoms with van der Waals surface area (Å²) in [6, 6.07) is 8.37. The van der Waals surface area contributed by atoms with Crippen molar-refractivity contribution in [3.63, 3.8) is 0 Å². The molecule has 5 heteroatoms. The zero-order valence-corrected chi connectivity index (χ0v) is 11.1. The fourth-order valence-corrected chi connectivity index (χ4v) is 3.10. The Kier molecular flexibility index (Phi) is 3.95. The average molecular weight is 281 g/mol. The third-order valence-corrected chi connectivity index (χ3v) is 4.38. The lowest BCUT2D eigenvalue weighted by Crippen LogP contribution is -2.03. The van der Waals surface area contributed by atoms with Crippen LogP contribution in [0.1, 0.15) is 11.1 Å². The van der Waals surface area contributed by atoms with Crippen LogP contribution in [0.25, 0.3) is 0 Å². The average Bonchev–Trinajstić information content (AvgIpc) is 2.36. The van der Waals surface area contributed by atoms with E-state index < -0.39 is 22.4 Å². The summed E-state index contributed by atoms with van der Waals surface area (Å²) in [5.41, 5.74) is 7.24. The van der Waals surface area contributed by atoms with E-state index in [2.05, 4.69) is 0 Å². The molecule has 2 nitrogen and oxygen atoms in total. The van der Waals surface area contributed by atoms with Crippen LogP contribution in [0, 0.1) is 18.6 Å². The molecule has 0 bridgehead atoms. The van der Waals surface area contributed by atoms with Crippen LogP contribution in [0.2, 0.25) is 0 Å². The second-order valence-corrected chi connectivity index (χ2v) is 5.62. The second kappa shape index (κ2) is 5.48. The summed E-state index contributed by atoms with van der Waals surface area (Å²) in [5.74, 6) is -1.33. The molecular weight excluding hydrogens is 268 g/mol. The van der Waals surface area contributed by atoms with Gasteiger partial charge in [0.15, 0.2) is 0 Å². The third-order valence-electron chi connectivity index (χ3n) is 2.87. The number of hydrogen-bond donors (Lipinski definition) is 1. The summed E-state index contributed by atoms with van der Waals surface area (Å²) in [4.78, 5) is 0.573. The summed E-state index contributed by atoms with van der Waals surface area (Å²) >= 11 is 0. The lowest BCUT2D eigenvalue weighted by atomic mass is 10.2. The highest BCUT2D eigenvalue weighted by atomic mass is 32.2. The number of nitrogens with two attached hydrogens (primary N) is 1. The molecular formula is C14H13F2NOS. The number of anilines is 1. The Morgan fingerprint density at radius 2 is 1.95 bits per heavy atom. The van der Waals surface area contributed by atoms with Crippen molar-refractivity contribution in [2.75, 3.05) is 5.73 Å². The molecule has 0 heterocycles. The lowest BCUT2D eigenvalue weighted by Gasteiger charge is -2.08. The van der Waals surface area contributed by atoms with Gasteiger partial charge in [-0.25, -0.2) is 8.78 Å². The maximum atomic E-state index is 13.5. The van der Waals surface area contributed by atoms with Crippen molar-refractivity contribution in [3.05, 3.63) is 59.2 Å². The van der Waals surface area contributed by atoms with E-state index in [1.807, 2.05) is 0 Å². The molecule has 100 valence electrons. The molecule has 0 amide bonds. The molecule has 1 unspecified atom stereocenters. The van der Waals surface area contributed by atoms with Crippen molar-refractivity contribution in [3.8, 4) is 0 Å². The maximum Gasteiger partial charge on any atom is 0.130 e. The number of halogens is 2. The van der Waals surface area contributed by atoms with E-state index in [4.69, 9.17) is 5.73 Å². The van der Waals surface area contributed by atoms with Gasteiger partial charge in [0.1, 0.15) is 11.6 Å². The molecule has 0 aliphatic rings. The quantitative estimate of drug-likeness (QED) is 0.878. The second-order valence-electron chi connectivity index (χ2n) is 4.20. The van der Waals surface area contributed by atoms with E-state index in [0.29, 0.717) is 10.6 Å². The zero-order chi connectivity index (χ0) is 14.0. The summed E-state index contributed by atoms with van der Waals surface area (Å²) < 4.78 is 38.5. The Labute approximate surface area is 112 Å². The fourth-order valence-electron chi connectivity index (χ4n) is 1.74. The fraction of sp³-hybridized carbons (Fsp3) is 0.143. The molecule has 0 saturated carbocycles. The molecule has 19 heavy (non-hydrogen) atoms. The first kappa shape index (κ1) is 13.7. The Hall–Kier alpha value is -1.75. The molecule has 2 aromatic rings. The van der Waals surface area contributed by atoms with Crippen LogP contribution in [-0.2, 0) is 16.6 Å². The molecule has 0 aliphatic carbocycles. The van der Waals surface area contributed by atoms with E-state index in [1.54, 1.807) is 25.1 Å². The minimum Gasteiger partial charge on any atom is -0.398 e. The monoisotopic (exact) mass is 281 g/mol. The predicted molar refractivity (Wildman–Crippen MR) is 72.1 cm³/mol. The standard InChI is InChI=1S/C14H13F2NOS/c1-9-13(17)3-2-4-14(9)19(18)8-10-5-6-11(15)7-12(10)16/h2-7H,8,17H2,1H3. The van der Waals surface area contributed by atoms with Gasteiger partial charge in [-0.1, -0.05) is 12.1 Å². The first-order chi connectivity index (χ1) is 8.99. The number of rotatable bonds is 3. The number of hydrogen-bond acceptors (Lipinski definition) is 2. The summed E-state index contributed by atoms with van der Waals surface area (Å²) in [7, 11) is -1.42. The molecule has 1 atom stereocenters. The highest BCUT2D eigenvalue weighted by molar-refractivity contribution is 7.84. The van der Waals surface area contributed by atoms with Crippen LogP contribution in [-0.4, -0.2) is 4.21 Å². The van der Waals surface area contributed by atoms with Gasteiger partial charge in [-0.2, -0.15) is 0 Å². The maximum absolute atomic E-state index is 13.5. The van der Waals surface area contributed by atoms with Gasteiger partial charge in [0.25, 0.3) is 0 Å². The van der Waals surface area contributed by atoms with Crippen molar-refractivity contribution in [2.24, 2.45) is 0 Å². The van der Waals surface area contributed by atoms with E-state index >= 15 is 0 Å². The first-order valence-electron chi connectivity index (χ1n) is 5.66. The largest absolute Gasteiger partial charge is 0.398 e. The van der Waals surface area contributed by atoms with Gasteiger partial charge in [-0.05, 0) is 30.7 Å². The van der Waals surface area contributed by atoms with Crippen LogP contribution in [0.15, 0.2) is 41.3 Å². The normalized spacial score (nSPS) is 12.4. The Morgan fingerprint density at radius 3 is 2.63 bits per heavy atom. The highest BCUT2D eigenvalue weighted by Gasteiger charge is 2.12. The third kappa shape index (κ3) is 2.98. The van der Waals surface area contributed by atoms with Crippen molar-refractivity contribution < 1.29 is 13.0 Å². The summed E-state index contributed by atoms with van der Waals surface area (Å²) in [6.07, 6.45) is 0. The van der Waals surface area contributed by atoms with Gasteiger partial charge in [-0.15, -0.1) is 0 Å². The van der Waals surface area contributed by atoms with Crippen LogP contribution >= 0.6 is 0 Å². The SMILES string of the molecule is Cc1c(N)cccc1S(=O)Cc1ccc(F)cc1F. The molecule has 2 N–H and O–H groups in total. The Morgan fingerprint density at radius 1 is 1.21 bits per heavy atom. The first-order valence-corrected chi connectivity index (χ1v) is 6.98. The summed E-state index contributed by atoms with van der Waals surface area (Å²) in [5, 5.41) is 0. The Balaban J connectivity index is 2.28. The topological polar surface area (TPSA) is 43.1 Å². The van der Waals surface area contributed by atoms with Crippen molar-refractivity contribution >= 4 is 16.5 Å². The van der Waals surface area contributed by atoms with Gasteiger partial charge in [0, 0.05) is 22.2 Å². The summed E-state index contributed by atoms with van der Waals surface area (Å²) in [6.45, 7) is 1.77. The molecule has 0 fully saturated rings. The Bertz CT molecular complexity index is 643. The molecule has 0 aliphatic heterocycles. The minimum atomic E-state index is -1.42. The van der Waals surface area contributed by atoms with Crippen LogP contribution in [0.5, 0.6) is 0 Å². The van der Waals surface area contributed by atoms with E-state index in [9.17, 15) is 13.0 Å². The van der Waals surface area contributed by atoms with Gasteiger partial charge >= 0.3 is 0 Å². The molecule has 0 radical (unpaired) electrons. The molecule has 2 aromatic carbocycles. The molecule has 2 rings (SSSR count). The lowest BCUT2D eigenvalue weighted by molar-refractivity contribution is 0.575. The van der Waals surface area contributed by atoms with Crippen LogP contribution < -0.4 is 5.73 Å². The van der Waals surface area contributed by atoms with E-state index in [-0.39, 0.29) is 11.3 Å². The number of nitrogen functional groups attached to an aromatic ring is 1. The molecule has 0 aromatic heterocycles. The minimum absolute atomic E-state index is 0.00356. The van der Waals surface area contributed by atoms with Gasteiger partial charge < -0.3 is 5.73 Å². The highest BCUT2D eigenvalue weighted by Crippen LogP contribution is 2.22. The van der Waals surface area contributed by atoms with Gasteiger partial charge in [0.2, 0.25) is 0 Å². The molecule has 0 spiro atoms. The van der Waals surface area contributed by atoms with Crippen molar-refractivity contribution in [1.82, 2.24) is 0 Å². The van der Waals surface area contributed by atoms with Gasteiger partial charge in [-0.3, -0.25) is 4.21 Å². The van der Waals surface area contributed by atoms with E-state index in [1.165, 1.54) is 6.07 Å². The van der Waals surface area contributed by atoms with Crippen molar-refractivity contribution in [2.45, 2.75) is 17.6 Å². The van der Waals surface area contributed by atoms with Crippen LogP contribution in [0.3, 0.4) is 0 Å². The number of benzene rings is 2. The zero-order valence-electron chi connectivity index (χ0n) is 10.3. The predicted octanol–water partition coefficient (Wildman–Crippen LogP) is 3.16. The molecule has 0 saturated heterocycles. The van der Waals surface area contributed by atoms with Crippen LogP contribution in [0.4, 0.5) is 14.5 Å². The smallest absolute Gasteiger partial charge is 0.130 e. The van der Waals surface area contributed by atoms with Crippen molar-refractivity contribution in [1.29, 1.82) is 0 Å². The van der Waals surface area contributed by atoms with E-state index in [0.717, 1.165) is 17.7 Å².